The third-order valence-electron chi connectivity index (χ3n) is 2.17. The Balaban J connectivity index is 3.05. The van der Waals surface area contributed by atoms with Crippen molar-refractivity contribution in [2.24, 2.45) is 11.5 Å². The van der Waals surface area contributed by atoms with Crippen molar-refractivity contribution in [2.45, 2.75) is 19.4 Å². The summed E-state index contributed by atoms with van der Waals surface area (Å²) in [4.78, 5) is 10.9. The molecule has 0 heterocycles. The van der Waals surface area contributed by atoms with Crippen LogP contribution in [0.15, 0.2) is 24.3 Å². The zero-order valence-electron chi connectivity index (χ0n) is 7.66. The summed E-state index contributed by atoms with van der Waals surface area (Å²) >= 11 is 0. The smallest absolute Gasteiger partial charge is 0.224 e. The van der Waals surface area contributed by atoms with Crippen molar-refractivity contribution in [1.82, 2.24) is 0 Å². The van der Waals surface area contributed by atoms with Gasteiger partial charge in [0.25, 0.3) is 0 Å². The second kappa shape index (κ2) is 4.05. The number of carbonyl (C=O) groups is 1. The molecule has 3 nitrogen and oxygen atoms in total. The highest BCUT2D eigenvalue weighted by atomic mass is 16.1. The van der Waals surface area contributed by atoms with E-state index < -0.39 is 0 Å². The minimum Gasteiger partial charge on any atom is -0.369 e. The summed E-state index contributed by atoms with van der Waals surface area (Å²) < 4.78 is 0. The highest BCUT2D eigenvalue weighted by Gasteiger charge is 2.13. The molecule has 0 fully saturated rings. The molecule has 1 amide bonds. The third kappa shape index (κ3) is 2.06. The fourth-order valence-corrected chi connectivity index (χ4v) is 1.30. The molecule has 0 aliphatic rings. The fraction of sp³-hybridized carbons (Fsp3) is 0.300. The zero-order chi connectivity index (χ0) is 9.84. The van der Waals surface area contributed by atoms with Gasteiger partial charge >= 0.3 is 0 Å². The first-order valence-electron chi connectivity index (χ1n) is 4.24. The van der Waals surface area contributed by atoms with E-state index in [1.165, 1.54) is 0 Å². The van der Waals surface area contributed by atoms with Gasteiger partial charge in [-0.2, -0.15) is 0 Å². The summed E-state index contributed by atoms with van der Waals surface area (Å²) in [5.41, 5.74) is 12.7. The molecule has 1 rings (SSSR count). The van der Waals surface area contributed by atoms with Crippen LogP contribution < -0.4 is 11.5 Å². The van der Waals surface area contributed by atoms with Crippen LogP contribution in [-0.2, 0) is 11.3 Å². The number of primary amides is 1. The van der Waals surface area contributed by atoms with Gasteiger partial charge in [0.2, 0.25) is 5.91 Å². The molecular formula is C10H14N2O. The van der Waals surface area contributed by atoms with E-state index >= 15 is 0 Å². The molecule has 70 valence electrons. The van der Waals surface area contributed by atoms with Gasteiger partial charge in [-0.3, -0.25) is 4.79 Å². The van der Waals surface area contributed by atoms with Crippen molar-refractivity contribution in [3.63, 3.8) is 0 Å². The molecule has 0 spiro atoms. The van der Waals surface area contributed by atoms with Gasteiger partial charge in [0, 0.05) is 6.54 Å². The van der Waals surface area contributed by atoms with E-state index in [-0.39, 0.29) is 11.8 Å². The summed E-state index contributed by atoms with van der Waals surface area (Å²) in [5.74, 6) is -0.583. The minimum atomic E-state index is -0.319. The Morgan fingerprint density at radius 3 is 2.62 bits per heavy atom. The lowest BCUT2D eigenvalue weighted by Crippen LogP contribution is -2.20. The lowest BCUT2D eigenvalue weighted by atomic mass is 9.95. The Kier molecular flexibility index (Phi) is 3.03. The summed E-state index contributed by atoms with van der Waals surface area (Å²) in [6.07, 6.45) is 0. The Bertz CT molecular complexity index is 310. The van der Waals surface area contributed by atoms with E-state index in [0.717, 1.165) is 11.1 Å². The molecule has 1 aromatic carbocycles. The first kappa shape index (κ1) is 9.74. The number of amides is 1. The number of nitrogens with two attached hydrogens (primary N) is 2. The maximum atomic E-state index is 10.9. The van der Waals surface area contributed by atoms with Gasteiger partial charge in [-0.1, -0.05) is 24.3 Å². The average molecular weight is 178 g/mol. The molecular weight excluding hydrogens is 164 g/mol. The van der Waals surface area contributed by atoms with Gasteiger partial charge in [-0.15, -0.1) is 0 Å². The highest BCUT2D eigenvalue weighted by Crippen LogP contribution is 2.18. The van der Waals surface area contributed by atoms with Crippen molar-refractivity contribution >= 4 is 5.91 Å². The second-order valence-electron chi connectivity index (χ2n) is 3.03. The van der Waals surface area contributed by atoms with Crippen molar-refractivity contribution in [1.29, 1.82) is 0 Å². The number of rotatable bonds is 3. The van der Waals surface area contributed by atoms with Crippen LogP contribution in [0.2, 0.25) is 0 Å². The molecule has 1 aromatic rings. The fourth-order valence-electron chi connectivity index (χ4n) is 1.30. The minimum absolute atomic E-state index is 0.264. The number of hydrogen-bond donors (Lipinski definition) is 2. The predicted octanol–water partition coefficient (Wildman–Crippen LogP) is 0.734. The van der Waals surface area contributed by atoms with E-state index in [0.29, 0.717) is 6.54 Å². The molecule has 0 aliphatic carbocycles. The zero-order valence-corrected chi connectivity index (χ0v) is 7.66. The van der Waals surface area contributed by atoms with E-state index in [2.05, 4.69) is 0 Å². The quantitative estimate of drug-likeness (QED) is 0.716. The predicted molar refractivity (Wildman–Crippen MR) is 51.9 cm³/mol. The van der Waals surface area contributed by atoms with E-state index in [9.17, 15) is 4.79 Å². The van der Waals surface area contributed by atoms with Gasteiger partial charge < -0.3 is 11.5 Å². The van der Waals surface area contributed by atoms with Gasteiger partial charge in [0.05, 0.1) is 5.92 Å². The average Bonchev–Trinajstić information content (AvgIpc) is 2.16. The molecule has 0 aromatic heterocycles. The van der Waals surface area contributed by atoms with Gasteiger partial charge in [0.1, 0.15) is 0 Å². The van der Waals surface area contributed by atoms with Gasteiger partial charge in [0.15, 0.2) is 0 Å². The molecule has 0 bridgehead atoms. The first-order chi connectivity index (χ1) is 6.16. The Morgan fingerprint density at radius 1 is 1.46 bits per heavy atom. The molecule has 4 N–H and O–H groups in total. The van der Waals surface area contributed by atoms with Crippen LogP contribution in [0.25, 0.3) is 0 Å². The summed E-state index contributed by atoms with van der Waals surface area (Å²) in [7, 11) is 0. The van der Waals surface area contributed by atoms with Crippen molar-refractivity contribution in [2.75, 3.05) is 0 Å². The maximum Gasteiger partial charge on any atom is 0.224 e. The van der Waals surface area contributed by atoms with E-state index in [1.807, 2.05) is 24.3 Å². The number of hydrogen-bond acceptors (Lipinski definition) is 2. The molecule has 0 saturated heterocycles. The Labute approximate surface area is 77.7 Å². The number of carbonyl (C=O) groups excluding carboxylic acids is 1. The van der Waals surface area contributed by atoms with E-state index in [1.54, 1.807) is 6.92 Å². The molecule has 13 heavy (non-hydrogen) atoms. The van der Waals surface area contributed by atoms with Crippen LogP contribution in [0.4, 0.5) is 0 Å². The molecule has 0 radical (unpaired) electrons. The molecule has 1 atom stereocenters. The molecule has 0 saturated carbocycles. The topological polar surface area (TPSA) is 69.1 Å². The molecule has 1 unspecified atom stereocenters. The van der Waals surface area contributed by atoms with Crippen LogP contribution >= 0.6 is 0 Å². The first-order valence-corrected chi connectivity index (χ1v) is 4.24. The summed E-state index contributed by atoms with van der Waals surface area (Å²) in [6, 6.07) is 7.58. The van der Waals surface area contributed by atoms with Crippen LogP contribution in [-0.4, -0.2) is 5.91 Å². The van der Waals surface area contributed by atoms with Crippen LogP contribution in [0, 0.1) is 0 Å². The standard InChI is InChI=1S/C10H14N2O/c1-7(10(12)13)9-5-3-2-4-8(9)6-11/h2-5,7H,6,11H2,1H3,(H2,12,13). The molecule has 0 aliphatic heterocycles. The summed E-state index contributed by atoms with van der Waals surface area (Å²) in [5, 5.41) is 0. The van der Waals surface area contributed by atoms with E-state index in [4.69, 9.17) is 11.5 Å². The lowest BCUT2D eigenvalue weighted by Gasteiger charge is -2.11. The molecule has 3 heteroatoms. The van der Waals surface area contributed by atoms with Gasteiger partial charge in [-0.25, -0.2) is 0 Å². The normalized spacial score (nSPS) is 12.5. The van der Waals surface area contributed by atoms with Crippen molar-refractivity contribution in [3.8, 4) is 0 Å². The monoisotopic (exact) mass is 178 g/mol. The number of benzene rings is 1. The largest absolute Gasteiger partial charge is 0.369 e. The van der Waals surface area contributed by atoms with Crippen LogP contribution in [0.1, 0.15) is 24.0 Å². The maximum absolute atomic E-state index is 10.9. The van der Waals surface area contributed by atoms with Crippen LogP contribution in [0.5, 0.6) is 0 Å². The van der Waals surface area contributed by atoms with Crippen molar-refractivity contribution < 1.29 is 4.79 Å². The second-order valence-corrected chi connectivity index (χ2v) is 3.03. The Hall–Kier alpha value is -1.35. The third-order valence-corrected chi connectivity index (χ3v) is 2.17. The summed E-state index contributed by atoms with van der Waals surface area (Å²) in [6.45, 7) is 2.23. The van der Waals surface area contributed by atoms with Crippen molar-refractivity contribution in [3.05, 3.63) is 35.4 Å². The lowest BCUT2D eigenvalue weighted by molar-refractivity contribution is -0.119. The highest BCUT2D eigenvalue weighted by molar-refractivity contribution is 5.81. The van der Waals surface area contributed by atoms with Gasteiger partial charge in [-0.05, 0) is 18.1 Å². The van der Waals surface area contributed by atoms with Crippen LogP contribution in [0.3, 0.4) is 0 Å². The SMILES string of the molecule is CC(C(N)=O)c1ccccc1CN. The Morgan fingerprint density at radius 2 is 2.08 bits per heavy atom.